The molecule has 4 nitrogen and oxygen atoms in total. The average molecular weight is 403 g/mol. The molecule has 0 radical (unpaired) electrons. The monoisotopic (exact) mass is 403 g/mol. The summed E-state index contributed by atoms with van der Waals surface area (Å²) in [5.41, 5.74) is 7.20. The van der Waals surface area contributed by atoms with E-state index in [4.69, 9.17) is 10.5 Å². The molecule has 0 aromatic heterocycles. The number of likely N-dealkylation sites (tertiary alicyclic amines) is 1. The fourth-order valence-electron chi connectivity index (χ4n) is 2.59. The number of aliphatic imine (C=N–C) groups is 1. The van der Waals surface area contributed by atoms with Crippen LogP contribution in [0, 0.1) is 5.92 Å². The van der Waals surface area contributed by atoms with Crippen LogP contribution in [-0.2, 0) is 6.54 Å². The molecule has 118 valence electrons. The first-order valence-electron chi connectivity index (χ1n) is 7.46. The number of para-hydroxylation sites is 1. The molecule has 1 saturated heterocycles. The number of nitrogens with two attached hydrogens (primary N) is 1. The summed E-state index contributed by atoms with van der Waals surface area (Å²) >= 11 is 0. The first kappa shape index (κ1) is 18.1. The predicted octanol–water partition coefficient (Wildman–Crippen LogP) is 3.25. The van der Waals surface area contributed by atoms with Crippen molar-refractivity contribution in [1.82, 2.24) is 4.90 Å². The van der Waals surface area contributed by atoms with Gasteiger partial charge in [-0.05, 0) is 31.7 Å². The minimum absolute atomic E-state index is 0. The molecule has 0 amide bonds. The van der Waals surface area contributed by atoms with Gasteiger partial charge in [0.25, 0.3) is 0 Å². The maximum atomic E-state index is 6.12. The lowest BCUT2D eigenvalue weighted by atomic mass is 10.0. The predicted molar refractivity (Wildman–Crippen MR) is 98.3 cm³/mol. The van der Waals surface area contributed by atoms with Crippen molar-refractivity contribution in [3.63, 3.8) is 0 Å². The number of guanidine groups is 1. The lowest BCUT2D eigenvalue weighted by Crippen LogP contribution is -2.43. The van der Waals surface area contributed by atoms with Crippen LogP contribution in [0.4, 0.5) is 0 Å². The second-order valence-electron chi connectivity index (χ2n) is 5.41. The van der Waals surface area contributed by atoms with E-state index < -0.39 is 0 Å². The summed E-state index contributed by atoms with van der Waals surface area (Å²) in [6, 6.07) is 8.01. The zero-order valence-electron chi connectivity index (χ0n) is 12.9. The Labute approximate surface area is 144 Å². The van der Waals surface area contributed by atoms with E-state index in [1.807, 2.05) is 31.2 Å². The van der Waals surface area contributed by atoms with Gasteiger partial charge in [0, 0.05) is 18.7 Å². The highest BCUT2D eigenvalue weighted by Crippen LogP contribution is 2.19. The van der Waals surface area contributed by atoms with Crippen LogP contribution in [0.2, 0.25) is 0 Å². The van der Waals surface area contributed by atoms with Crippen molar-refractivity contribution in [2.45, 2.75) is 33.2 Å². The third-order valence-electron chi connectivity index (χ3n) is 3.66. The Morgan fingerprint density at radius 1 is 1.43 bits per heavy atom. The van der Waals surface area contributed by atoms with E-state index >= 15 is 0 Å². The van der Waals surface area contributed by atoms with Crippen LogP contribution in [0.1, 0.15) is 32.3 Å². The SMILES string of the molecule is CCOc1ccccc1CN=C(N)N1CCCC(C)C1.I. The molecule has 5 heteroatoms. The molecule has 1 aliphatic heterocycles. The minimum Gasteiger partial charge on any atom is -0.494 e. The summed E-state index contributed by atoms with van der Waals surface area (Å²) in [6.45, 7) is 7.54. The Morgan fingerprint density at radius 3 is 2.90 bits per heavy atom. The smallest absolute Gasteiger partial charge is 0.191 e. The van der Waals surface area contributed by atoms with Gasteiger partial charge in [0.15, 0.2) is 5.96 Å². The number of nitrogens with zero attached hydrogens (tertiary/aromatic N) is 2. The molecule has 1 unspecified atom stereocenters. The summed E-state index contributed by atoms with van der Waals surface area (Å²) in [5.74, 6) is 2.26. The Bertz CT molecular complexity index is 465. The molecule has 21 heavy (non-hydrogen) atoms. The van der Waals surface area contributed by atoms with Gasteiger partial charge in [-0.3, -0.25) is 0 Å². The number of rotatable bonds is 4. The van der Waals surface area contributed by atoms with Crippen molar-refractivity contribution in [2.75, 3.05) is 19.7 Å². The molecule has 1 heterocycles. The zero-order valence-corrected chi connectivity index (χ0v) is 15.2. The largest absolute Gasteiger partial charge is 0.494 e. The molecule has 0 aliphatic carbocycles. The first-order chi connectivity index (χ1) is 9.70. The number of hydrogen-bond acceptors (Lipinski definition) is 2. The molecule has 1 aromatic carbocycles. The van der Waals surface area contributed by atoms with Crippen LogP contribution in [-0.4, -0.2) is 30.6 Å². The molecule has 2 N–H and O–H groups in total. The normalized spacial score (nSPS) is 19.0. The Kier molecular flexibility index (Phi) is 7.85. The molecule has 1 aromatic rings. The van der Waals surface area contributed by atoms with Crippen molar-refractivity contribution in [3.8, 4) is 5.75 Å². The number of hydrogen-bond donors (Lipinski definition) is 1. The number of benzene rings is 1. The number of piperidine rings is 1. The highest BCUT2D eigenvalue weighted by molar-refractivity contribution is 14.0. The van der Waals surface area contributed by atoms with Crippen LogP contribution < -0.4 is 10.5 Å². The van der Waals surface area contributed by atoms with Crippen LogP contribution >= 0.6 is 24.0 Å². The highest BCUT2D eigenvalue weighted by atomic mass is 127. The van der Waals surface area contributed by atoms with Crippen molar-refractivity contribution in [3.05, 3.63) is 29.8 Å². The highest BCUT2D eigenvalue weighted by Gasteiger charge is 2.17. The zero-order chi connectivity index (χ0) is 14.4. The van der Waals surface area contributed by atoms with Gasteiger partial charge in [-0.2, -0.15) is 0 Å². The van der Waals surface area contributed by atoms with E-state index in [-0.39, 0.29) is 24.0 Å². The summed E-state index contributed by atoms with van der Waals surface area (Å²) < 4.78 is 5.61. The van der Waals surface area contributed by atoms with Crippen LogP contribution in [0.5, 0.6) is 5.75 Å². The van der Waals surface area contributed by atoms with E-state index in [0.29, 0.717) is 25.0 Å². The number of ether oxygens (including phenoxy) is 1. The Balaban J connectivity index is 0.00000220. The molecule has 1 fully saturated rings. The van der Waals surface area contributed by atoms with Gasteiger partial charge in [-0.25, -0.2) is 4.99 Å². The Hall–Kier alpha value is -0.980. The second kappa shape index (κ2) is 9.12. The van der Waals surface area contributed by atoms with Gasteiger partial charge >= 0.3 is 0 Å². The van der Waals surface area contributed by atoms with Crippen molar-refractivity contribution < 1.29 is 4.74 Å². The van der Waals surface area contributed by atoms with Gasteiger partial charge in [0.2, 0.25) is 0 Å². The van der Waals surface area contributed by atoms with Crippen molar-refractivity contribution >= 4 is 29.9 Å². The average Bonchev–Trinajstić information content (AvgIpc) is 2.46. The molecule has 2 rings (SSSR count). The maximum Gasteiger partial charge on any atom is 0.191 e. The third-order valence-corrected chi connectivity index (χ3v) is 3.66. The topological polar surface area (TPSA) is 50.9 Å². The standard InChI is InChI=1S/C16H25N3O.HI/c1-3-20-15-9-5-4-8-14(15)11-18-16(17)19-10-6-7-13(2)12-19;/h4-5,8-9,13H,3,6-7,10-12H2,1-2H3,(H2,17,18);1H. The fourth-order valence-corrected chi connectivity index (χ4v) is 2.59. The van der Waals surface area contributed by atoms with Crippen molar-refractivity contribution in [1.29, 1.82) is 0 Å². The second-order valence-corrected chi connectivity index (χ2v) is 5.41. The van der Waals surface area contributed by atoms with E-state index in [9.17, 15) is 0 Å². The third kappa shape index (κ3) is 5.37. The maximum absolute atomic E-state index is 6.12. The van der Waals surface area contributed by atoms with E-state index in [0.717, 1.165) is 24.4 Å². The van der Waals surface area contributed by atoms with E-state index in [2.05, 4.69) is 16.8 Å². The lowest BCUT2D eigenvalue weighted by Gasteiger charge is -2.31. The molecule has 0 saturated carbocycles. The molecular weight excluding hydrogens is 377 g/mol. The molecule has 0 spiro atoms. The molecule has 1 atom stereocenters. The van der Waals surface area contributed by atoms with Crippen LogP contribution in [0.25, 0.3) is 0 Å². The summed E-state index contributed by atoms with van der Waals surface area (Å²) in [5, 5.41) is 0. The van der Waals surface area contributed by atoms with Crippen molar-refractivity contribution in [2.24, 2.45) is 16.6 Å². The number of halogens is 1. The van der Waals surface area contributed by atoms with Crippen LogP contribution in [0.15, 0.2) is 29.3 Å². The molecular formula is C16H26IN3O. The first-order valence-corrected chi connectivity index (χ1v) is 7.46. The Morgan fingerprint density at radius 2 is 2.19 bits per heavy atom. The van der Waals surface area contributed by atoms with Gasteiger partial charge < -0.3 is 15.4 Å². The molecule has 0 bridgehead atoms. The van der Waals surface area contributed by atoms with Gasteiger partial charge in [-0.15, -0.1) is 24.0 Å². The van der Waals surface area contributed by atoms with E-state index in [1.165, 1.54) is 12.8 Å². The summed E-state index contributed by atoms with van der Waals surface area (Å²) in [4.78, 5) is 6.73. The lowest BCUT2D eigenvalue weighted by molar-refractivity contribution is 0.270. The fraction of sp³-hybridized carbons (Fsp3) is 0.562. The minimum atomic E-state index is 0. The quantitative estimate of drug-likeness (QED) is 0.477. The van der Waals surface area contributed by atoms with Gasteiger partial charge in [-0.1, -0.05) is 25.1 Å². The van der Waals surface area contributed by atoms with Gasteiger partial charge in [0.1, 0.15) is 5.75 Å². The summed E-state index contributed by atoms with van der Waals surface area (Å²) in [6.07, 6.45) is 2.49. The van der Waals surface area contributed by atoms with Gasteiger partial charge in [0.05, 0.1) is 13.2 Å². The van der Waals surface area contributed by atoms with E-state index in [1.54, 1.807) is 0 Å². The summed E-state index contributed by atoms with van der Waals surface area (Å²) in [7, 11) is 0. The van der Waals surface area contributed by atoms with Crippen LogP contribution in [0.3, 0.4) is 0 Å². The molecule has 1 aliphatic rings.